The van der Waals surface area contributed by atoms with Gasteiger partial charge in [0.15, 0.2) is 5.96 Å². The highest BCUT2D eigenvalue weighted by molar-refractivity contribution is 5.84. The number of morpholine rings is 1. The Morgan fingerprint density at radius 2 is 2.18 bits per heavy atom. The summed E-state index contributed by atoms with van der Waals surface area (Å²) in [5.74, 6) is 0.253. The molecule has 0 unspecified atom stereocenters. The molecule has 6 nitrogen and oxygen atoms in total. The SMILES string of the molecule is C=C(C)CNC(N)=NCC(=O)N1CCOCC1. The third-order valence-electron chi connectivity index (χ3n) is 2.32. The van der Waals surface area contributed by atoms with Gasteiger partial charge in [-0.1, -0.05) is 12.2 Å². The number of nitrogens with zero attached hydrogens (tertiary/aromatic N) is 2. The molecule has 1 heterocycles. The maximum Gasteiger partial charge on any atom is 0.244 e. The van der Waals surface area contributed by atoms with Crippen LogP contribution in [0.15, 0.2) is 17.1 Å². The van der Waals surface area contributed by atoms with Gasteiger partial charge in [-0.2, -0.15) is 0 Å². The number of nitrogens with two attached hydrogens (primary N) is 1. The zero-order valence-electron chi connectivity index (χ0n) is 10.2. The van der Waals surface area contributed by atoms with Crippen LogP contribution in [0.3, 0.4) is 0 Å². The van der Waals surface area contributed by atoms with E-state index in [2.05, 4.69) is 16.9 Å². The second-order valence-corrected chi connectivity index (χ2v) is 4.01. The maximum absolute atomic E-state index is 11.7. The van der Waals surface area contributed by atoms with E-state index in [0.717, 1.165) is 5.57 Å². The molecule has 0 atom stereocenters. The Morgan fingerprint density at radius 1 is 1.53 bits per heavy atom. The van der Waals surface area contributed by atoms with Crippen LogP contribution in [0.2, 0.25) is 0 Å². The fraction of sp³-hybridized carbons (Fsp3) is 0.636. The Labute approximate surface area is 102 Å². The minimum Gasteiger partial charge on any atom is -0.378 e. The van der Waals surface area contributed by atoms with Crippen molar-refractivity contribution in [1.29, 1.82) is 0 Å². The monoisotopic (exact) mass is 240 g/mol. The maximum atomic E-state index is 11.7. The van der Waals surface area contributed by atoms with E-state index in [0.29, 0.717) is 32.8 Å². The highest BCUT2D eigenvalue weighted by Gasteiger charge is 2.15. The summed E-state index contributed by atoms with van der Waals surface area (Å²) in [5.41, 5.74) is 6.56. The zero-order chi connectivity index (χ0) is 12.7. The van der Waals surface area contributed by atoms with Crippen molar-refractivity contribution in [3.05, 3.63) is 12.2 Å². The van der Waals surface area contributed by atoms with Gasteiger partial charge in [0.1, 0.15) is 6.54 Å². The molecule has 1 fully saturated rings. The van der Waals surface area contributed by atoms with E-state index in [4.69, 9.17) is 10.5 Å². The predicted octanol–water partition coefficient (Wildman–Crippen LogP) is -0.674. The number of hydrogen-bond donors (Lipinski definition) is 2. The topological polar surface area (TPSA) is 79.9 Å². The second kappa shape index (κ2) is 6.90. The van der Waals surface area contributed by atoms with Crippen LogP contribution in [0, 0.1) is 0 Å². The first kappa shape index (κ1) is 13.5. The first-order valence-corrected chi connectivity index (χ1v) is 5.63. The molecule has 0 aromatic carbocycles. The molecule has 1 amide bonds. The largest absolute Gasteiger partial charge is 0.378 e. The summed E-state index contributed by atoms with van der Waals surface area (Å²) in [5, 5.41) is 2.87. The van der Waals surface area contributed by atoms with Crippen molar-refractivity contribution in [2.24, 2.45) is 10.7 Å². The van der Waals surface area contributed by atoms with Gasteiger partial charge in [-0.15, -0.1) is 0 Å². The van der Waals surface area contributed by atoms with E-state index in [1.807, 2.05) is 6.92 Å². The van der Waals surface area contributed by atoms with Gasteiger partial charge in [0.05, 0.1) is 13.2 Å². The lowest BCUT2D eigenvalue weighted by Crippen LogP contribution is -2.42. The van der Waals surface area contributed by atoms with Crippen LogP contribution < -0.4 is 11.1 Å². The van der Waals surface area contributed by atoms with Crippen molar-refractivity contribution in [1.82, 2.24) is 10.2 Å². The fourth-order valence-corrected chi connectivity index (χ4v) is 1.36. The van der Waals surface area contributed by atoms with Crippen LogP contribution in [0.5, 0.6) is 0 Å². The molecule has 1 saturated heterocycles. The zero-order valence-corrected chi connectivity index (χ0v) is 10.2. The lowest BCUT2D eigenvalue weighted by molar-refractivity contribution is -0.133. The van der Waals surface area contributed by atoms with E-state index in [1.165, 1.54) is 0 Å². The Balaban J connectivity index is 2.29. The summed E-state index contributed by atoms with van der Waals surface area (Å²) < 4.78 is 5.16. The van der Waals surface area contributed by atoms with Crippen molar-refractivity contribution in [3.63, 3.8) is 0 Å². The molecule has 0 aliphatic carbocycles. The van der Waals surface area contributed by atoms with Crippen LogP contribution in [0.1, 0.15) is 6.92 Å². The Hall–Kier alpha value is -1.56. The van der Waals surface area contributed by atoms with Crippen molar-refractivity contribution < 1.29 is 9.53 Å². The first-order chi connectivity index (χ1) is 8.09. The first-order valence-electron chi connectivity index (χ1n) is 5.63. The molecule has 1 aliphatic heterocycles. The standard InChI is InChI=1S/C11H20N4O2/c1-9(2)7-13-11(12)14-8-10(16)15-3-5-17-6-4-15/h1,3-8H2,2H3,(H3,12,13,14). The highest BCUT2D eigenvalue weighted by Crippen LogP contribution is 1.97. The van der Waals surface area contributed by atoms with E-state index < -0.39 is 0 Å². The van der Waals surface area contributed by atoms with E-state index in [9.17, 15) is 4.79 Å². The summed E-state index contributed by atoms with van der Waals surface area (Å²) in [7, 11) is 0. The number of amides is 1. The number of nitrogens with one attached hydrogen (secondary N) is 1. The Kier molecular flexibility index (Phi) is 5.48. The molecule has 0 radical (unpaired) electrons. The summed E-state index contributed by atoms with van der Waals surface area (Å²) in [6, 6.07) is 0. The van der Waals surface area contributed by atoms with Gasteiger partial charge in [-0.3, -0.25) is 4.79 Å². The van der Waals surface area contributed by atoms with Crippen LogP contribution in [0.4, 0.5) is 0 Å². The summed E-state index contributed by atoms with van der Waals surface area (Å²) >= 11 is 0. The van der Waals surface area contributed by atoms with Crippen molar-refractivity contribution >= 4 is 11.9 Å². The second-order valence-electron chi connectivity index (χ2n) is 4.01. The lowest BCUT2D eigenvalue weighted by Gasteiger charge is -2.26. The summed E-state index contributed by atoms with van der Waals surface area (Å²) in [4.78, 5) is 17.4. The molecule has 0 aromatic heterocycles. The van der Waals surface area contributed by atoms with Gasteiger partial charge in [0.25, 0.3) is 0 Å². The molecule has 1 rings (SSSR count). The van der Waals surface area contributed by atoms with Crippen molar-refractivity contribution in [2.75, 3.05) is 39.4 Å². The quantitative estimate of drug-likeness (QED) is 0.388. The highest BCUT2D eigenvalue weighted by atomic mass is 16.5. The van der Waals surface area contributed by atoms with E-state index >= 15 is 0 Å². The number of rotatable bonds is 4. The lowest BCUT2D eigenvalue weighted by atomic mass is 10.3. The average Bonchev–Trinajstić information content (AvgIpc) is 2.34. The Morgan fingerprint density at radius 3 is 2.76 bits per heavy atom. The van der Waals surface area contributed by atoms with Gasteiger partial charge < -0.3 is 20.7 Å². The Bertz CT molecular complexity index is 309. The smallest absolute Gasteiger partial charge is 0.244 e. The number of carbonyl (C=O) groups is 1. The van der Waals surface area contributed by atoms with E-state index in [1.54, 1.807) is 4.90 Å². The molecule has 1 aliphatic rings. The third-order valence-corrected chi connectivity index (χ3v) is 2.32. The number of carbonyl (C=O) groups excluding carboxylic acids is 1. The average molecular weight is 240 g/mol. The van der Waals surface area contributed by atoms with Crippen molar-refractivity contribution in [2.45, 2.75) is 6.92 Å². The molecule has 0 bridgehead atoms. The van der Waals surface area contributed by atoms with Crippen molar-refractivity contribution in [3.8, 4) is 0 Å². The van der Waals surface area contributed by atoms with Crippen LogP contribution in [-0.4, -0.2) is 56.2 Å². The molecular formula is C11H20N4O2. The molecule has 96 valence electrons. The van der Waals surface area contributed by atoms with Gasteiger partial charge in [-0.05, 0) is 6.92 Å². The predicted molar refractivity (Wildman–Crippen MR) is 66.7 cm³/mol. The summed E-state index contributed by atoms with van der Waals surface area (Å²) in [6.07, 6.45) is 0. The number of guanidine groups is 1. The molecule has 0 spiro atoms. The van der Waals surface area contributed by atoms with Gasteiger partial charge in [0.2, 0.25) is 5.91 Å². The molecule has 3 N–H and O–H groups in total. The third kappa shape index (κ3) is 5.35. The minimum atomic E-state index is -0.0200. The van der Waals surface area contributed by atoms with Gasteiger partial charge >= 0.3 is 0 Å². The summed E-state index contributed by atoms with van der Waals surface area (Å²) in [6.45, 7) is 8.73. The number of hydrogen-bond acceptors (Lipinski definition) is 3. The fourth-order valence-electron chi connectivity index (χ4n) is 1.36. The molecule has 17 heavy (non-hydrogen) atoms. The molecule has 0 aromatic rings. The minimum absolute atomic E-state index is 0.0200. The van der Waals surface area contributed by atoms with Crippen LogP contribution in [0.25, 0.3) is 0 Å². The number of aliphatic imine (C=N–C) groups is 1. The molecule has 6 heteroatoms. The van der Waals surface area contributed by atoms with Crippen LogP contribution in [-0.2, 0) is 9.53 Å². The van der Waals surface area contributed by atoms with E-state index in [-0.39, 0.29) is 18.4 Å². The molecular weight excluding hydrogens is 220 g/mol. The van der Waals surface area contributed by atoms with Crippen LogP contribution >= 0.6 is 0 Å². The van der Waals surface area contributed by atoms with Gasteiger partial charge in [-0.25, -0.2) is 4.99 Å². The van der Waals surface area contributed by atoms with Gasteiger partial charge in [0, 0.05) is 19.6 Å². The number of ether oxygens (including phenoxy) is 1. The molecule has 0 saturated carbocycles. The normalized spacial score (nSPS) is 16.8.